The number of benzene rings is 1. The van der Waals surface area contributed by atoms with Crippen LogP contribution >= 0.6 is 0 Å². The van der Waals surface area contributed by atoms with E-state index in [0.717, 1.165) is 11.9 Å². The van der Waals surface area contributed by atoms with Crippen LogP contribution in [0.5, 0.6) is 0 Å². The van der Waals surface area contributed by atoms with Crippen molar-refractivity contribution in [1.29, 1.82) is 0 Å². The SMILES string of the molecule is O=[SH](=O)CCCc1ccc2[nH]ccc2c1. The van der Waals surface area contributed by atoms with Gasteiger partial charge in [0, 0.05) is 17.5 Å². The van der Waals surface area contributed by atoms with E-state index in [9.17, 15) is 8.42 Å². The van der Waals surface area contributed by atoms with E-state index in [0.29, 0.717) is 6.42 Å². The Kier molecular flexibility index (Phi) is 3.06. The van der Waals surface area contributed by atoms with Gasteiger partial charge < -0.3 is 4.98 Å². The lowest BCUT2D eigenvalue weighted by molar-refractivity contribution is 0.612. The minimum Gasteiger partial charge on any atom is -0.361 e. The van der Waals surface area contributed by atoms with Crippen molar-refractivity contribution < 1.29 is 8.42 Å². The first-order chi connectivity index (χ1) is 7.25. The van der Waals surface area contributed by atoms with E-state index in [1.807, 2.05) is 24.4 Å². The Bertz CT molecular complexity index is 520. The molecular weight excluding hydrogens is 210 g/mol. The van der Waals surface area contributed by atoms with Crippen LogP contribution in [0.25, 0.3) is 10.9 Å². The maximum Gasteiger partial charge on any atom is 0.140 e. The first-order valence-electron chi connectivity index (χ1n) is 4.93. The van der Waals surface area contributed by atoms with Crippen LogP contribution in [-0.2, 0) is 17.1 Å². The van der Waals surface area contributed by atoms with E-state index in [-0.39, 0.29) is 5.75 Å². The number of aromatic nitrogens is 1. The summed E-state index contributed by atoms with van der Waals surface area (Å²) in [6.45, 7) is 0. The Morgan fingerprint density at radius 1 is 1.20 bits per heavy atom. The average Bonchev–Trinajstić information content (AvgIpc) is 2.64. The molecule has 0 radical (unpaired) electrons. The minimum atomic E-state index is -2.23. The summed E-state index contributed by atoms with van der Waals surface area (Å²) >= 11 is 0. The number of hydrogen-bond donors (Lipinski definition) is 2. The first-order valence-corrected chi connectivity index (χ1v) is 6.30. The van der Waals surface area contributed by atoms with Crippen LogP contribution in [0.3, 0.4) is 0 Å². The van der Waals surface area contributed by atoms with Crippen molar-refractivity contribution in [3.63, 3.8) is 0 Å². The number of aryl methyl sites for hydroxylation is 1. The number of H-pyrrole nitrogens is 1. The van der Waals surface area contributed by atoms with Crippen molar-refractivity contribution in [3.05, 3.63) is 36.0 Å². The standard InChI is InChI=1S/C11H13NO2S/c13-15(14)7-1-2-9-3-4-11-10(8-9)5-6-12-11/h3-6,8,12,15H,1-2,7H2. The lowest BCUT2D eigenvalue weighted by Crippen LogP contribution is -1.91. The number of rotatable bonds is 4. The molecular formula is C11H13NO2S. The molecule has 0 unspecified atom stereocenters. The van der Waals surface area contributed by atoms with Crippen molar-refractivity contribution in [2.24, 2.45) is 0 Å². The van der Waals surface area contributed by atoms with Gasteiger partial charge in [-0.1, -0.05) is 6.07 Å². The summed E-state index contributed by atoms with van der Waals surface area (Å²) in [5.41, 5.74) is 2.31. The number of fused-ring (bicyclic) bond motifs is 1. The minimum absolute atomic E-state index is 0.278. The summed E-state index contributed by atoms with van der Waals surface area (Å²) < 4.78 is 20.8. The third-order valence-electron chi connectivity index (χ3n) is 2.42. The van der Waals surface area contributed by atoms with Crippen molar-refractivity contribution >= 4 is 21.6 Å². The summed E-state index contributed by atoms with van der Waals surface area (Å²) in [6.07, 6.45) is 3.43. The summed E-state index contributed by atoms with van der Waals surface area (Å²) in [6, 6.07) is 8.19. The molecule has 0 aliphatic carbocycles. The Labute approximate surface area is 90.1 Å². The summed E-state index contributed by atoms with van der Waals surface area (Å²) in [5.74, 6) is 0.278. The molecule has 0 aliphatic heterocycles. The molecule has 0 saturated heterocycles. The van der Waals surface area contributed by atoms with Gasteiger partial charge in [-0.3, -0.25) is 0 Å². The van der Waals surface area contributed by atoms with E-state index >= 15 is 0 Å². The van der Waals surface area contributed by atoms with Crippen LogP contribution in [-0.4, -0.2) is 19.2 Å². The van der Waals surface area contributed by atoms with E-state index in [1.54, 1.807) is 0 Å². The van der Waals surface area contributed by atoms with Crippen LogP contribution in [0.4, 0.5) is 0 Å². The molecule has 1 N–H and O–H groups in total. The Hall–Kier alpha value is -1.29. The highest BCUT2D eigenvalue weighted by Gasteiger charge is 1.97. The van der Waals surface area contributed by atoms with Crippen LogP contribution in [0, 0.1) is 0 Å². The highest BCUT2D eigenvalue weighted by atomic mass is 32.2. The maximum absolute atomic E-state index is 10.4. The molecule has 1 heterocycles. The fourth-order valence-corrected chi connectivity index (χ4v) is 2.09. The van der Waals surface area contributed by atoms with Gasteiger partial charge in [0.1, 0.15) is 10.7 Å². The molecule has 0 bridgehead atoms. The molecule has 2 rings (SSSR count). The first kappa shape index (κ1) is 10.2. The van der Waals surface area contributed by atoms with Gasteiger partial charge in [0.25, 0.3) is 0 Å². The van der Waals surface area contributed by atoms with Gasteiger partial charge in [-0.25, -0.2) is 8.42 Å². The fourth-order valence-electron chi connectivity index (χ4n) is 1.67. The molecule has 1 aromatic carbocycles. The lowest BCUT2D eigenvalue weighted by atomic mass is 10.1. The molecule has 2 aromatic rings. The molecule has 0 amide bonds. The van der Waals surface area contributed by atoms with Gasteiger partial charge in [-0.05, 0) is 42.0 Å². The molecule has 0 aliphatic rings. The van der Waals surface area contributed by atoms with Crippen molar-refractivity contribution in [3.8, 4) is 0 Å². The third-order valence-corrected chi connectivity index (χ3v) is 3.11. The molecule has 0 atom stereocenters. The summed E-state index contributed by atoms with van der Waals surface area (Å²) in [5, 5.41) is 1.18. The molecule has 0 fully saturated rings. The largest absolute Gasteiger partial charge is 0.361 e. The fraction of sp³-hybridized carbons (Fsp3) is 0.273. The smallest absolute Gasteiger partial charge is 0.140 e. The average molecular weight is 223 g/mol. The maximum atomic E-state index is 10.4. The van der Waals surface area contributed by atoms with Gasteiger partial charge >= 0.3 is 0 Å². The zero-order chi connectivity index (χ0) is 10.7. The zero-order valence-corrected chi connectivity index (χ0v) is 9.17. The number of thiol groups is 1. The normalized spacial score (nSPS) is 11.3. The second kappa shape index (κ2) is 4.49. The van der Waals surface area contributed by atoms with Gasteiger partial charge in [0.15, 0.2) is 0 Å². The predicted octanol–water partition coefficient (Wildman–Crippen LogP) is 1.71. The lowest BCUT2D eigenvalue weighted by Gasteiger charge is -1.99. The second-order valence-electron chi connectivity index (χ2n) is 3.56. The quantitative estimate of drug-likeness (QED) is 0.775. The number of hydrogen-bond acceptors (Lipinski definition) is 2. The monoisotopic (exact) mass is 223 g/mol. The Morgan fingerprint density at radius 3 is 2.87 bits per heavy atom. The topological polar surface area (TPSA) is 49.9 Å². The van der Waals surface area contributed by atoms with E-state index in [4.69, 9.17) is 0 Å². The predicted molar refractivity (Wildman–Crippen MR) is 61.8 cm³/mol. The van der Waals surface area contributed by atoms with E-state index < -0.39 is 10.7 Å². The molecule has 80 valence electrons. The van der Waals surface area contributed by atoms with Gasteiger partial charge in [-0.2, -0.15) is 0 Å². The van der Waals surface area contributed by atoms with Crippen LogP contribution in [0.2, 0.25) is 0 Å². The second-order valence-corrected chi connectivity index (χ2v) is 4.67. The van der Waals surface area contributed by atoms with Crippen LogP contribution < -0.4 is 0 Å². The molecule has 0 spiro atoms. The number of aromatic amines is 1. The van der Waals surface area contributed by atoms with Crippen LogP contribution in [0.15, 0.2) is 30.5 Å². The van der Waals surface area contributed by atoms with E-state index in [1.165, 1.54) is 10.9 Å². The third kappa shape index (κ3) is 2.59. The Morgan fingerprint density at radius 2 is 2.07 bits per heavy atom. The molecule has 1 aromatic heterocycles. The summed E-state index contributed by atoms with van der Waals surface area (Å²) in [4.78, 5) is 3.12. The van der Waals surface area contributed by atoms with Crippen molar-refractivity contribution in [2.75, 3.05) is 5.75 Å². The molecule has 0 saturated carbocycles. The Balaban J connectivity index is 2.07. The highest BCUT2D eigenvalue weighted by molar-refractivity contribution is 7.72. The summed E-state index contributed by atoms with van der Waals surface area (Å²) in [7, 11) is -2.23. The van der Waals surface area contributed by atoms with Gasteiger partial charge in [0.05, 0.1) is 0 Å². The van der Waals surface area contributed by atoms with Crippen LogP contribution in [0.1, 0.15) is 12.0 Å². The van der Waals surface area contributed by atoms with Gasteiger partial charge in [0.2, 0.25) is 0 Å². The van der Waals surface area contributed by atoms with E-state index in [2.05, 4.69) is 11.1 Å². The van der Waals surface area contributed by atoms with Gasteiger partial charge in [-0.15, -0.1) is 0 Å². The molecule has 4 heteroatoms. The molecule has 3 nitrogen and oxygen atoms in total. The zero-order valence-electron chi connectivity index (χ0n) is 8.27. The highest BCUT2D eigenvalue weighted by Crippen LogP contribution is 2.15. The molecule has 15 heavy (non-hydrogen) atoms. The number of nitrogens with one attached hydrogen (secondary N) is 1. The van der Waals surface area contributed by atoms with Crippen molar-refractivity contribution in [2.45, 2.75) is 12.8 Å². The van der Waals surface area contributed by atoms with Crippen molar-refractivity contribution in [1.82, 2.24) is 4.98 Å².